The van der Waals surface area contributed by atoms with Crippen LogP contribution >= 0.6 is 11.3 Å². The number of rotatable bonds is 6. The van der Waals surface area contributed by atoms with E-state index in [1.54, 1.807) is 15.9 Å². The van der Waals surface area contributed by atoms with Crippen molar-refractivity contribution in [3.63, 3.8) is 0 Å². The molecule has 0 saturated heterocycles. The lowest BCUT2D eigenvalue weighted by atomic mass is 10.1. The van der Waals surface area contributed by atoms with E-state index in [1.165, 1.54) is 0 Å². The Labute approximate surface area is 188 Å². The fourth-order valence-electron chi connectivity index (χ4n) is 3.31. The number of ether oxygens (including phenoxy) is 1. The second kappa shape index (κ2) is 8.60. The van der Waals surface area contributed by atoms with Gasteiger partial charge in [0.15, 0.2) is 18.1 Å². The molecular weight excluding hydrogens is 422 g/mol. The van der Waals surface area contributed by atoms with Gasteiger partial charge in [-0.1, -0.05) is 30.3 Å². The van der Waals surface area contributed by atoms with Crippen LogP contribution in [0.5, 0.6) is 5.75 Å². The smallest absolute Gasteiger partial charge is 0.262 e. The third kappa shape index (κ3) is 4.21. The summed E-state index contributed by atoms with van der Waals surface area (Å²) in [4.78, 5) is 13.4. The standard InChI is InChI=1S/C24H19N5O2S/c1-16-5-2-8-19(13-16)31-15-23(30)25-18-7-3-6-17(14-18)20-10-11-22-26-27-24(29(22)28-20)21-9-4-12-32-21/h2-14H,15H2,1H3,(H,25,30). The second-order valence-electron chi connectivity index (χ2n) is 7.22. The highest BCUT2D eigenvalue weighted by Gasteiger charge is 2.12. The molecule has 5 aromatic rings. The zero-order chi connectivity index (χ0) is 21.9. The van der Waals surface area contributed by atoms with Gasteiger partial charge in [0.1, 0.15) is 5.75 Å². The third-order valence-electron chi connectivity index (χ3n) is 4.81. The van der Waals surface area contributed by atoms with Gasteiger partial charge in [0.2, 0.25) is 0 Å². The number of thiophene rings is 1. The summed E-state index contributed by atoms with van der Waals surface area (Å²) in [5.74, 6) is 1.14. The molecule has 5 rings (SSSR count). The van der Waals surface area contributed by atoms with Crippen LogP contribution in [-0.2, 0) is 4.79 Å². The summed E-state index contributed by atoms with van der Waals surface area (Å²) in [7, 11) is 0. The minimum atomic E-state index is -0.231. The average Bonchev–Trinajstić information content (AvgIpc) is 3.47. The van der Waals surface area contributed by atoms with E-state index >= 15 is 0 Å². The molecule has 158 valence electrons. The molecular formula is C24H19N5O2S. The van der Waals surface area contributed by atoms with Crippen LogP contribution in [0.1, 0.15) is 5.56 Å². The molecule has 32 heavy (non-hydrogen) atoms. The van der Waals surface area contributed by atoms with Crippen LogP contribution in [0, 0.1) is 6.92 Å². The maximum Gasteiger partial charge on any atom is 0.262 e. The maximum atomic E-state index is 12.4. The molecule has 0 unspecified atom stereocenters. The molecule has 0 spiro atoms. The Kier molecular flexibility index (Phi) is 5.35. The number of hydrogen-bond donors (Lipinski definition) is 1. The van der Waals surface area contributed by atoms with Gasteiger partial charge >= 0.3 is 0 Å². The molecule has 1 amide bonds. The zero-order valence-electron chi connectivity index (χ0n) is 17.2. The topological polar surface area (TPSA) is 81.4 Å². The van der Waals surface area contributed by atoms with E-state index < -0.39 is 0 Å². The number of anilines is 1. The fraction of sp³-hybridized carbons (Fsp3) is 0.0833. The first kappa shape index (κ1) is 19.9. The molecule has 0 radical (unpaired) electrons. The Hall–Kier alpha value is -4.04. The first-order chi connectivity index (χ1) is 15.7. The van der Waals surface area contributed by atoms with E-state index in [0.29, 0.717) is 22.9 Å². The van der Waals surface area contributed by atoms with Crippen LogP contribution in [0.25, 0.3) is 27.6 Å². The summed E-state index contributed by atoms with van der Waals surface area (Å²) in [5.41, 5.74) is 4.05. The molecule has 0 fully saturated rings. The molecule has 1 N–H and O–H groups in total. The Bertz CT molecular complexity index is 1390. The van der Waals surface area contributed by atoms with E-state index in [1.807, 2.05) is 85.1 Å². The predicted molar refractivity (Wildman–Crippen MR) is 125 cm³/mol. The largest absolute Gasteiger partial charge is 0.484 e. The Morgan fingerprint density at radius 2 is 1.94 bits per heavy atom. The number of nitrogens with one attached hydrogen (secondary N) is 1. The fourth-order valence-corrected chi connectivity index (χ4v) is 4.00. The number of carbonyl (C=O) groups excluding carboxylic acids is 1. The number of nitrogens with zero attached hydrogens (tertiary/aromatic N) is 4. The zero-order valence-corrected chi connectivity index (χ0v) is 18.0. The van der Waals surface area contributed by atoms with E-state index in [2.05, 4.69) is 15.5 Å². The molecule has 0 aliphatic heterocycles. The van der Waals surface area contributed by atoms with Crippen molar-refractivity contribution in [1.29, 1.82) is 0 Å². The Morgan fingerprint density at radius 1 is 1.03 bits per heavy atom. The molecule has 8 heteroatoms. The normalized spacial score (nSPS) is 10.9. The van der Waals surface area contributed by atoms with Crippen LogP contribution in [0.4, 0.5) is 5.69 Å². The van der Waals surface area contributed by atoms with Gasteiger partial charge in [0.25, 0.3) is 5.91 Å². The van der Waals surface area contributed by atoms with Gasteiger partial charge in [-0.15, -0.1) is 21.5 Å². The van der Waals surface area contributed by atoms with Crippen molar-refractivity contribution in [2.75, 3.05) is 11.9 Å². The molecule has 0 aliphatic rings. The minimum Gasteiger partial charge on any atom is -0.484 e. The van der Waals surface area contributed by atoms with Gasteiger partial charge in [-0.2, -0.15) is 9.61 Å². The van der Waals surface area contributed by atoms with Gasteiger partial charge in [-0.05, 0) is 60.3 Å². The number of amides is 1. The molecule has 7 nitrogen and oxygen atoms in total. The van der Waals surface area contributed by atoms with Crippen molar-refractivity contribution in [2.24, 2.45) is 0 Å². The predicted octanol–water partition coefficient (Wildman–Crippen LogP) is 4.85. The number of benzene rings is 2. The highest BCUT2D eigenvalue weighted by molar-refractivity contribution is 7.13. The Morgan fingerprint density at radius 3 is 2.78 bits per heavy atom. The van der Waals surface area contributed by atoms with E-state index in [9.17, 15) is 4.79 Å². The van der Waals surface area contributed by atoms with Gasteiger partial charge in [-0.3, -0.25) is 4.79 Å². The lowest BCUT2D eigenvalue weighted by Crippen LogP contribution is -2.20. The minimum absolute atomic E-state index is 0.0667. The number of hydrogen-bond acceptors (Lipinski definition) is 6. The number of carbonyl (C=O) groups is 1. The van der Waals surface area contributed by atoms with E-state index in [4.69, 9.17) is 9.84 Å². The van der Waals surface area contributed by atoms with Gasteiger partial charge in [0.05, 0.1) is 10.6 Å². The molecule has 0 saturated carbocycles. The number of aromatic nitrogens is 4. The van der Waals surface area contributed by atoms with Crippen LogP contribution in [0.2, 0.25) is 0 Å². The van der Waals surface area contributed by atoms with Gasteiger partial charge in [0, 0.05) is 11.3 Å². The van der Waals surface area contributed by atoms with E-state index in [-0.39, 0.29) is 12.5 Å². The van der Waals surface area contributed by atoms with Crippen molar-refractivity contribution in [3.8, 4) is 27.7 Å². The Balaban J connectivity index is 1.34. The van der Waals surface area contributed by atoms with Crippen molar-refractivity contribution in [2.45, 2.75) is 6.92 Å². The number of aryl methyl sites for hydroxylation is 1. The van der Waals surface area contributed by atoms with Crippen LogP contribution < -0.4 is 10.1 Å². The van der Waals surface area contributed by atoms with Crippen LogP contribution in [0.3, 0.4) is 0 Å². The van der Waals surface area contributed by atoms with Crippen molar-refractivity contribution >= 4 is 28.6 Å². The number of fused-ring (bicyclic) bond motifs is 1. The van der Waals surface area contributed by atoms with E-state index in [0.717, 1.165) is 21.7 Å². The molecule has 0 bridgehead atoms. The molecule has 0 atom stereocenters. The highest BCUT2D eigenvalue weighted by Crippen LogP contribution is 2.25. The van der Waals surface area contributed by atoms with Crippen LogP contribution in [0.15, 0.2) is 78.2 Å². The van der Waals surface area contributed by atoms with Crippen LogP contribution in [-0.4, -0.2) is 32.3 Å². The molecule has 0 aliphatic carbocycles. The SMILES string of the molecule is Cc1cccc(OCC(=O)Nc2cccc(-c3ccc4nnc(-c5cccs5)n4n3)c2)c1. The average molecular weight is 442 g/mol. The second-order valence-corrected chi connectivity index (χ2v) is 8.17. The lowest BCUT2D eigenvalue weighted by molar-refractivity contribution is -0.118. The summed E-state index contributed by atoms with van der Waals surface area (Å²) in [6.07, 6.45) is 0. The monoisotopic (exact) mass is 441 g/mol. The summed E-state index contributed by atoms with van der Waals surface area (Å²) >= 11 is 1.59. The third-order valence-corrected chi connectivity index (χ3v) is 5.67. The quantitative estimate of drug-likeness (QED) is 0.408. The van der Waals surface area contributed by atoms with Crippen molar-refractivity contribution in [1.82, 2.24) is 19.8 Å². The highest BCUT2D eigenvalue weighted by atomic mass is 32.1. The van der Waals surface area contributed by atoms with Crippen molar-refractivity contribution in [3.05, 3.63) is 83.7 Å². The molecule has 2 aromatic carbocycles. The van der Waals surface area contributed by atoms with Crippen molar-refractivity contribution < 1.29 is 9.53 Å². The summed E-state index contributed by atoms with van der Waals surface area (Å²) in [5, 5.41) is 18.1. The molecule has 3 heterocycles. The first-order valence-electron chi connectivity index (χ1n) is 10.0. The summed E-state index contributed by atoms with van der Waals surface area (Å²) < 4.78 is 7.32. The summed E-state index contributed by atoms with van der Waals surface area (Å²) in [6.45, 7) is 1.91. The lowest BCUT2D eigenvalue weighted by Gasteiger charge is -2.09. The summed E-state index contributed by atoms with van der Waals surface area (Å²) in [6, 6.07) is 22.9. The van der Waals surface area contributed by atoms with Gasteiger partial charge in [-0.25, -0.2) is 0 Å². The first-order valence-corrected chi connectivity index (χ1v) is 10.9. The van der Waals surface area contributed by atoms with Gasteiger partial charge < -0.3 is 10.1 Å². The molecule has 3 aromatic heterocycles. The maximum absolute atomic E-state index is 12.4.